The molecule has 3 aromatic carbocycles. The Labute approximate surface area is 492 Å². The predicted octanol–water partition coefficient (Wildman–Crippen LogP) is -0.881. The van der Waals surface area contributed by atoms with Crippen molar-refractivity contribution in [3.8, 4) is 5.75 Å². The van der Waals surface area contributed by atoms with Crippen LogP contribution in [0.15, 0.2) is 99.5 Å². The molecule has 0 atom stereocenters. The van der Waals surface area contributed by atoms with E-state index in [9.17, 15) is 44.2 Å². The molecular weight excluding hydrogens is 1050 g/mol. The fraction of sp³-hybridized carbons (Fsp3) is 0.438. The summed E-state index contributed by atoms with van der Waals surface area (Å²) in [5.74, 6) is -2.99. The Kier molecular flexibility index (Phi) is 24.7. The monoisotopic (exact) mass is 1100 g/mol. The minimum absolute atomic E-state index is 0. The van der Waals surface area contributed by atoms with E-state index in [1.165, 1.54) is 24.3 Å². The summed E-state index contributed by atoms with van der Waals surface area (Å²) in [5, 5.41) is 14.2. The Bertz CT molecular complexity index is 2960. The third-order valence-electron chi connectivity index (χ3n) is 12.7. The normalized spacial score (nSPS) is 17.5. The van der Waals surface area contributed by atoms with Gasteiger partial charge in [0, 0.05) is 63.9 Å². The minimum atomic E-state index is -4.85. The number of ether oxygens (including phenoxy) is 1. The van der Waals surface area contributed by atoms with Crippen molar-refractivity contribution in [3.05, 3.63) is 118 Å². The van der Waals surface area contributed by atoms with E-state index in [1.807, 2.05) is 68.4 Å². The van der Waals surface area contributed by atoms with Crippen molar-refractivity contribution in [2.45, 2.75) is 113 Å². The smallest absolute Gasteiger partial charge is 0.748 e. The van der Waals surface area contributed by atoms with E-state index in [1.54, 1.807) is 18.2 Å². The Morgan fingerprint density at radius 3 is 2.11 bits per heavy atom. The second kappa shape index (κ2) is 27.3. The zero-order chi connectivity index (χ0) is 50.5. The number of hydrogen-bond donors (Lipinski definition) is 0. The van der Waals surface area contributed by atoms with E-state index in [-0.39, 0.29) is 138 Å². The summed E-state index contributed by atoms with van der Waals surface area (Å²) in [4.78, 5) is 1.99. The Balaban J connectivity index is 0.00000456. The van der Waals surface area contributed by atoms with Gasteiger partial charge in [-0.3, -0.25) is 5.04 Å². The van der Waals surface area contributed by atoms with Crippen LogP contribution in [-0.4, -0.2) is 80.4 Å². The number of halogens is 2. The summed E-state index contributed by atoms with van der Waals surface area (Å²) in [7, 11) is -13.8. The van der Waals surface area contributed by atoms with E-state index in [4.69, 9.17) is 4.74 Å². The first-order valence-corrected chi connectivity index (χ1v) is 27.8. The van der Waals surface area contributed by atoms with Gasteiger partial charge in [0.1, 0.15) is 22.5 Å². The average Bonchev–Trinajstić information content (AvgIpc) is 3.61. The van der Waals surface area contributed by atoms with Gasteiger partial charge < -0.3 is 28.6 Å². The van der Waals surface area contributed by atoms with Gasteiger partial charge in [-0.1, -0.05) is 39.3 Å². The van der Waals surface area contributed by atoms with Crippen LogP contribution in [0, 0.1) is 11.6 Å². The molecule has 72 heavy (non-hydrogen) atoms. The average molecular weight is 1100 g/mol. The molecule has 0 radical (unpaired) electrons. The number of hydrogen-bond acceptors (Lipinski definition) is 15. The van der Waals surface area contributed by atoms with Crippen molar-refractivity contribution >= 4 is 65.1 Å². The first-order chi connectivity index (χ1) is 32.4. The van der Waals surface area contributed by atoms with Crippen molar-refractivity contribution in [2.24, 2.45) is 0 Å². The molecule has 2 heterocycles. The zero-order valence-electron chi connectivity index (χ0n) is 41.9. The molecule has 0 fully saturated rings. The molecule has 3 aliphatic rings. The molecule has 0 saturated carbocycles. The molecule has 3 aromatic rings. The fourth-order valence-corrected chi connectivity index (χ4v) is 11.3. The maximum atomic E-state index is 16.9. The number of rotatable bonds is 22. The van der Waals surface area contributed by atoms with Crippen molar-refractivity contribution in [1.82, 2.24) is 0 Å². The molecule has 2 aliphatic heterocycles. The molecule has 0 spiro atoms. The van der Waals surface area contributed by atoms with Crippen LogP contribution in [0.1, 0.15) is 109 Å². The first kappa shape index (κ1) is 65.0. The maximum absolute atomic E-state index is 16.9. The van der Waals surface area contributed by atoms with Gasteiger partial charge in [-0.2, -0.15) is 8.91 Å². The Hall–Kier alpha value is -1.29. The van der Waals surface area contributed by atoms with Gasteiger partial charge in [-0.05, 0) is 130 Å². The third kappa shape index (κ3) is 15.9. The summed E-state index contributed by atoms with van der Waals surface area (Å²) >= 11 is 0.720. The second-order valence-corrected chi connectivity index (χ2v) is 23.4. The zero-order valence-corrected chi connectivity index (χ0v) is 51.2. The molecule has 15 nitrogen and oxygen atoms in total. The second-order valence-electron chi connectivity index (χ2n) is 18.2. The SMILES string of the molecule is CCCCOc1ccc(F)c(C2=C(/C=C/C3=[N+](CCCCS(=O)(=O)[O-])c4ccc(SOO[O-])cc4C3(C)C)CCC/C2=C\C=C2\N(CCCCS(=O)(=O)[O-])c3ccc(S(=O)(=O)[O-])cc3C2(C)C)c1F.[Na+].[Na+].[Na+]. The molecule has 0 saturated heterocycles. The van der Waals surface area contributed by atoms with Gasteiger partial charge in [0.15, 0.2) is 17.3 Å². The third-order valence-corrected chi connectivity index (χ3v) is 15.7. The van der Waals surface area contributed by atoms with E-state index < -0.39 is 69.2 Å². The van der Waals surface area contributed by atoms with Gasteiger partial charge >= 0.3 is 88.7 Å². The van der Waals surface area contributed by atoms with Gasteiger partial charge in [0.05, 0.1) is 54.8 Å². The van der Waals surface area contributed by atoms with Crippen molar-refractivity contribution in [1.29, 1.82) is 0 Å². The van der Waals surface area contributed by atoms with Crippen LogP contribution in [-0.2, 0) is 50.6 Å². The van der Waals surface area contributed by atoms with Gasteiger partial charge in [-0.25, -0.2) is 34.0 Å². The molecule has 6 rings (SSSR count). The van der Waals surface area contributed by atoms with Crippen molar-refractivity contribution in [3.63, 3.8) is 0 Å². The molecule has 0 bridgehead atoms. The summed E-state index contributed by atoms with van der Waals surface area (Å²) in [6, 6.07) is 11.8. The number of unbranched alkanes of at least 4 members (excludes halogenated alkanes) is 3. The van der Waals surface area contributed by atoms with Crippen LogP contribution in [0.5, 0.6) is 5.75 Å². The van der Waals surface area contributed by atoms with Crippen LogP contribution in [0.4, 0.5) is 20.2 Å². The number of nitrogens with zero attached hydrogens (tertiary/aromatic N) is 2. The fourth-order valence-electron chi connectivity index (χ4n) is 9.29. The number of benzene rings is 3. The summed E-state index contributed by atoms with van der Waals surface area (Å²) in [6.07, 6.45) is 10.7. The van der Waals surface area contributed by atoms with E-state index >= 15 is 8.78 Å². The summed E-state index contributed by atoms with van der Waals surface area (Å²) in [6.45, 7) is 10.3. The predicted molar refractivity (Wildman–Crippen MR) is 253 cm³/mol. The van der Waals surface area contributed by atoms with Crippen molar-refractivity contribution in [2.75, 3.05) is 36.1 Å². The molecule has 1 aliphatic carbocycles. The maximum Gasteiger partial charge on any atom is 1.00 e. The number of allylic oxidation sites excluding steroid dienone is 8. The molecule has 376 valence electrons. The first-order valence-electron chi connectivity index (χ1n) is 22.5. The number of anilines is 1. The van der Waals surface area contributed by atoms with Crippen LogP contribution in [0.25, 0.3) is 5.57 Å². The Morgan fingerprint density at radius 1 is 0.792 bits per heavy atom. The van der Waals surface area contributed by atoms with Gasteiger partial charge in [0.25, 0.3) is 0 Å². The van der Waals surface area contributed by atoms with Crippen LogP contribution in [0.3, 0.4) is 0 Å². The largest absolute Gasteiger partial charge is 1.00 e. The minimum Gasteiger partial charge on any atom is -0.748 e. The van der Waals surface area contributed by atoms with Gasteiger partial charge in [0.2, 0.25) is 5.69 Å². The summed E-state index contributed by atoms with van der Waals surface area (Å²) < 4.78 is 151. The van der Waals surface area contributed by atoms with Crippen molar-refractivity contribution < 1.29 is 160 Å². The van der Waals surface area contributed by atoms with Crippen LogP contribution < -0.4 is 104 Å². The topological polar surface area (TPSA) is 229 Å². The molecule has 24 heteroatoms. The quantitative estimate of drug-likeness (QED) is 0.0227. The summed E-state index contributed by atoms with van der Waals surface area (Å²) in [5.41, 5.74) is 3.46. The molecule has 0 aromatic heterocycles. The van der Waals surface area contributed by atoms with E-state index in [0.717, 1.165) is 41.5 Å². The molecular formula is C48H55F2N2Na3O13S4. The standard InChI is InChI=1S/C48H58F2N2O13S4.3Na/c1-6-7-27-63-41-22-19-38(49)45(46(41)50)44-32(15-23-42-47(2,3)36-30-34(66-65-64-53)17-20-39(36)51(42)25-8-10-28-67(54,55)56)13-12-14-33(44)16-24-43-48(4,5)37-31-35(69(60,61)62)18-21-40(37)52(43)26-9-11-29-68(57,58)59;;;/h15-24,30-31H,6-14,25-29H2,1-5H3,(H3-,53,54,55,56,57,58,59,60,61,62);;;/q;3*+1/p-3. The molecule has 0 amide bonds. The molecule has 0 unspecified atom stereocenters. The molecule has 0 N–H and O–H groups in total. The van der Waals surface area contributed by atoms with E-state index in [2.05, 4.69) is 9.37 Å². The Morgan fingerprint density at radius 2 is 1.47 bits per heavy atom. The number of fused-ring (bicyclic) bond motifs is 2. The van der Waals surface area contributed by atoms with Crippen LogP contribution in [0.2, 0.25) is 0 Å². The van der Waals surface area contributed by atoms with Gasteiger partial charge in [-0.15, -0.1) is 0 Å². The van der Waals surface area contributed by atoms with E-state index in [0.29, 0.717) is 71.6 Å². The van der Waals surface area contributed by atoms with Crippen LogP contribution >= 0.6 is 12.0 Å².